The summed E-state index contributed by atoms with van der Waals surface area (Å²) in [6.45, 7) is 1.42. The Morgan fingerprint density at radius 1 is 0.486 bits per heavy atom. The number of hydrogen-bond donors (Lipinski definition) is 19. The maximum absolute atomic E-state index is 13.7. The molecule has 0 radical (unpaired) electrons. The lowest BCUT2D eigenvalue weighted by Crippen LogP contribution is -2.50. The van der Waals surface area contributed by atoms with Gasteiger partial charge in [0.1, 0.15) is 12.1 Å². The Kier molecular flexibility index (Phi) is 48.3. The van der Waals surface area contributed by atoms with Crippen molar-refractivity contribution in [2.75, 3.05) is 162 Å². The van der Waals surface area contributed by atoms with E-state index >= 15 is 0 Å². The minimum atomic E-state index is -1.06. The molecule has 0 aromatic heterocycles. The Hall–Kier alpha value is -9.40. The first kappa shape index (κ1) is 95.8. The molecule has 0 aliphatic carbocycles. The molecular formula is C68H111N17O24S2. The number of fused-ring (bicyclic) bond motifs is 2. The molecule has 1 aromatic carbocycles. The number of hydrogen-bond acceptors (Lipinski definition) is 26. The highest BCUT2D eigenvalue weighted by atomic mass is 32.2. The fourth-order valence-corrected chi connectivity index (χ4v) is 15.6. The summed E-state index contributed by atoms with van der Waals surface area (Å²) in [6.07, 6.45) is 7.27. The number of amides is 7. The van der Waals surface area contributed by atoms with Crippen molar-refractivity contribution in [3.63, 3.8) is 0 Å². The number of nitrogens with one attached hydrogen (secondary N) is 13. The lowest BCUT2D eigenvalue weighted by molar-refractivity contribution is -0.145. The van der Waals surface area contributed by atoms with Crippen LogP contribution in [0.15, 0.2) is 18.2 Å². The number of unbranched alkanes of at least 4 members (excludes halogenated alkanes) is 4. The standard InChI is InChI=1S/C65H105N17O18S2.3CH2O2/c1-97-61(94)45(73-51(83)15-5-3-13-49-57-47(40-101-49)75-63(66)77-57)11-7-9-17-69-59(92)42-33-43(60(93)70-18-10-8-12-46(62(95)98-2)74-52(84)16-6-4-14-50-58-48(41-102-50)76-64(67)78-58)35-44(34-42)72-65(96)71-20-30-100-32-31-99-29-19-68-53(85)36-79-21-23-80(37-54(86)87)25-27-82(39-56(90)91)28-26-81(24-22-79)38-55(88)89;3*2-1-3/h33-35,45-50,57-58H,3-32,36-41H2,1-2H3,(H,68,85)(H,69,92)(H,70,93)(H,73,83)(H,74,84)(H,86,87)(H,88,89)(H,90,91)(H3,66,75,77)(H3,67,76,78)(H2,71,72,96);3*1H,(H,2,3)/t45-,46-,47-,48-,49-,50-,57-,58-;;;/m0.../s1. The van der Waals surface area contributed by atoms with Crippen molar-refractivity contribution >= 4 is 126 Å². The molecule has 0 saturated carbocycles. The summed E-state index contributed by atoms with van der Waals surface area (Å²) < 4.78 is 21.2. The number of anilines is 1. The number of methoxy groups -OCH3 is 2. The highest BCUT2D eigenvalue weighted by Crippen LogP contribution is 2.34. The zero-order valence-electron chi connectivity index (χ0n) is 62.7. The smallest absolute Gasteiger partial charge is 0.328 e. The van der Waals surface area contributed by atoms with Crippen molar-refractivity contribution in [3.05, 3.63) is 29.3 Å². The summed E-state index contributed by atoms with van der Waals surface area (Å²) in [5.41, 5.74) is 0.207. The average Bonchev–Trinajstić information content (AvgIpc) is 1.69. The minimum absolute atomic E-state index is 0.0472. The van der Waals surface area contributed by atoms with Crippen LogP contribution < -0.4 is 58.5 Å². The van der Waals surface area contributed by atoms with Crippen LogP contribution in [0.3, 0.4) is 0 Å². The molecule has 0 spiro atoms. The van der Waals surface area contributed by atoms with Crippen LogP contribution in [-0.4, -0.2) is 351 Å². The molecule has 111 heavy (non-hydrogen) atoms. The number of guanidine groups is 2. The predicted octanol–water partition coefficient (Wildman–Crippen LogP) is -2.27. The summed E-state index contributed by atoms with van der Waals surface area (Å²) in [5.74, 6) is -3.85. The maximum atomic E-state index is 13.7. The number of ether oxygens (including phenoxy) is 4. The monoisotopic (exact) mass is 1610 g/mol. The van der Waals surface area contributed by atoms with Gasteiger partial charge in [0, 0.05) is 130 Å². The Labute approximate surface area is 651 Å². The van der Waals surface area contributed by atoms with Crippen LogP contribution in [-0.2, 0) is 71.7 Å². The summed E-state index contributed by atoms with van der Waals surface area (Å²) >= 11 is 3.71. The zero-order valence-corrected chi connectivity index (χ0v) is 64.3. The molecule has 5 saturated heterocycles. The van der Waals surface area contributed by atoms with Gasteiger partial charge in [0.2, 0.25) is 17.7 Å². The quantitative estimate of drug-likeness (QED) is 0.0186. The van der Waals surface area contributed by atoms with Crippen LogP contribution >= 0.6 is 23.5 Å². The van der Waals surface area contributed by atoms with E-state index < -0.39 is 59.8 Å². The lowest BCUT2D eigenvalue weighted by atomic mass is 10.0. The fourth-order valence-electron chi connectivity index (χ4n) is 12.5. The number of esters is 2. The first-order valence-electron chi connectivity index (χ1n) is 36.5. The van der Waals surface area contributed by atoms with E-state index in [9.17, 15) is 68.1 Å². The number of aliphatic carboxylic acids is 3. The molecule has 0 unspecified atom stereocenters. The van der Waals surface area contributed by atoms with Gasteiger partial charge in [0.25, 0.3) is 31.2 Å². The number of nitrogens with zero attached hydrogens (tertiary/aromatic N) is 4. The van der Waals surface area contributed by atoms with Crippen molar-refractivity contribution < 1.29 is 117 Å². The van der Waals surface area contributed by atoms with Gasteiger partial charge >= 0.3 is 35.9 Å². The number of benzene rings is 1. The molecule has 43 heteroatoms. The van der Waals surface area contributed by atoms with E-state index in [4.69, 9.17) is 59.5 Å². The van der Waals surface area contributed by atoms with Crippen molar-refractivity contribution in [2.45, 2.75) is 137 Å². The van der Waals surface area contributed by atoms with E-state index in [1.54, 1.807) is 19.6 Å². The van der Waals surface area contributed by atoms with Gasteiger partial charge in [0.05, 0.1) is 91.0 Å². The second-order valence-corrected chi connectivity index (χ2v) is 28.5. The number of carboxylic acids is 3. The van der Waals surface area contributed by atoms with E-state index in [1.807, 2.05) is 23.5 Å². The fraction of sp³-hybridized carbons (Fsp3) is 0.676. The molecule has 1 aromatic rings. The third-order valence-electron chi connectivity index (χ3n) is 17.8. The molecular weight excluding hydrogens is 1500 g/mol. The van der Waals surface area contributed by atoms with Gasteiger partial charge in [-0.25, -0.2) is 14.4 Å². The average molecular weight is 1610 g/mol. The van der Waals surface area contributed by atoms with Gasteiger partial charge in [-0.15, -0.1) is 0 Å². The van der Waals surface area contributed by atoms with E-state index in [1.165, 1.54) is 32.4 Å². The molecule has 41 nitrogen and oxygen atoms in total. The van der Waals surface area contributed by atoms with Crippen LogP contribution in [0.2, 0.25) is 0 Å². The number of carbonyl (C=O) groups is 14. The van der Waals surface area contributed by atoms with Gasteiger partial charge in [0.15, 0.2) is 11.9 Å². The molecule has 0 bridgehead atoms. The summed E-state index contributed by atoms with van der Waals surface area (Å²) in [5, 5.41) is 97.6. The molecule has 5 fully saturated rings. The van der Waals surface area contributed by atoms with Crippen molar-refractivity contribution in [2.24, 2.45) is 0 Å². The lowest BCUT2D eigenvalue weighted by Gasteiger charge is -2.32. The van der Waals surface area contributed by atoms with Gasteiger partial charge in [-0.1, -0.05) is 12.8 Å². The molecule has 8 atom stereocenters. The Morgan fingerprint density at radius 2 is 0.856 bits per heavy atom. The predicted molar refractivity (Wildman–Crippen MR) is 406 cm³/mol. The summed E-state index contributed by atoms with van der Waals surface area (Å²) in [4.78, 5) is 172. The number of urea groups is 1. The van der Waals surface area contributed by atoms with E-state index in [2.05, 4.69) is 58.5 Å². The molecule has 7 amide bonds. The van der Waals surface area contributed by atoms with Crippen LogP contribution in [0.4, 0.5) is 10.5 Å². The van der Waals surface area contributed by atoms with E-state index in [0.717, 1.165) is 37.2 Å². The largest absolute Gasteiger partial charge is 0.483 e. The topological polar surface area (TPSA) is 590 Å². The molecule has 19 N–H and O–H groups in total. The molecule has 6 rings (SSSR count). The number of carboxylic acid groups (broad SMARTS) is 6. The molecule has 624 valence electrons. The first-order valence-corrected chi connectivity index (χ1v) is 38.6. The van der Waals surface area contributed by atoms with Crippen LogP contribution in [0.25, 0.3) is 0 Å². The Morgan fingerprint density at radius 3 is 1.23 bits per heavy atom. The Balaban J connectivity index is 0.00000337. The third kappa shape index (κ3) is 40.4. The van der Waals surface area contributed by atoms with Crippen LogP contribution in [0.1, 0.15) is 111 Å². The first-order chi connectivity index (χ1) is 53.3. The number of thioether (sulfide) groups is 2. The highest BCUT2D eigenvalue weighted by molar-refractivity contribution is 8.00. The normalized spacial score (nSPS) is 19.4. The van der Waals surface area contributed by atoms with Gasteiger partial charge < -0.3 is 108 Å². The summed E-state index contributed by atoms with van der Waals surface area (Å²) in [6, 6.07) is 2.59. The van der Waals surface area contributed by atoms with Crippen molar-refractivity contribution in [3.8, 4) is 0 Å². The molecule has 5 aliphatic heterocycles. The van der Waals surface area contributed by atoms with E-state index in [-0.39, 0.29) is 235 Å². The van der Waals surface area contributed by atoms with E-state index in [0.29, 0.717) is 60.9 Å². The Bertz CT molecular complexity index is 2990. The zero-order chi connectivity index (χ0) is 81.9. The van der Waals surface area contributed by atoms with Gasteiger partial charge in [-0.3, -0.25) is 83.2 Å². The summed E-state index contributed by atoms with van der Waals surface area (Å²) in [7, 11) is 2.49. The van der Waals surface area contributed by atoms with Gasteiger partial charge in [-0.2, -0.15) is 23.5 Å². The second-order valence-electron chi connectivity index (χ2n) is 26.0. The van der Waals surface area contributed by atoms with Crippen LogP contribution in [0.5, 0.6) is 0 Å². The SMILES string of the molecule is COC(=O)[C@H](CCCCNC(=O)c1cc(NC(=O)NCCOCCOCCNC(=O)CN2CCN(CC(=O)O)CCN(CC(=O)O)CCN(CC(=O)O)CC2)cc(C(=O)NCCCC[C@H](NC(=O)CCCC[C@@H]2SC[C@@H]3NC(=N)N[C@@H]32)C(=O)OC)c1)NC(=O)CCCC[C@@H]1SC[C@@H]2NC(=N)N[C@@H]21.O=CO.O=CO.O=CO. The highest BCUT2D eigenvalue weighted by Gasteiger charge is 2.43. The third-order valence-corrected chi connectivity index (χ3v) is 20.8. The second kappa shape index (κ2) is 55.9. The van der Waals surface area contributed by atoms with Crippen molar-refractivity contribution in [1.29, 1.82) is 10.8 Å². The number of rotatable bonds is 44. The number of carbonyl (C=O) groups excluding carboxylic acids is 8. The maximum Gasteiger partial charge on any atom is 0.328 e. The van der Waals surface area contributed by atoms with Gasteiger partial charge in [-0.05, 0) is 82.4 Å². The van der Waals surface area contributed by atoms with Crippen molar-refractivity contribution in [1.82, 2.24) is 72.8 Å². The molecule has 5 heterocycles. The minimum Gasteiger partial charge on any atom is -0.483 e. The molecule has 5 aliphatic rings. The van der Waals surface area contributed by atoms with Crippen LogP contribution in [0, 0.1) is 10.8 Å².